The first-order valence-corrected chi connectivity index (χ1v) is 9.60. The van der Waals surface area contributed by atoms with Crippen LogP contribution in [0.4, 0.5) is 4.39 Å². The van der Waals surface area contributed by atoms with Gasteiger partial charge in [0, 0.05) is 30.3 Å². The summed E-state index contributed by atoms with van der Waals surface area (Å²) in [6.45, 7) is 0.353. The standard InChI is InChI=1S/C20H18ClFN4OS/c21-14-12-13(6-7-15(14)22)25-9-3-5-17(25)19-18(16-4-1-2-8-23-16)24-20(28)26(19)10-11-27/h1-9,12,18-19,27H,10-11H2,(H,24,28)/t18-,19-/m0/s1. The third kappa shape index (κ3) is 3.37. The summed E-state index contributed by atoms with van der Waals surface area (Å²) in [6.07, 6.45) is 3.64. The van der Waals surface area contributed by atoms with Gasteiger partial charge >= 0.3 is 0 Å². The second-order valence-electron chi connectivity index (χ2n) is 6.45. The number of hydrogen-bond donors (Lipinski definition) is 2. The summed E-state index contributed by atoms with van der Waals surface area (Å²) in [5.74, 6) is -0.462. The van der Waals surface area contributed by atoms with Crippen molar-refractivity contribution in [3.8, 4) is 5.69 Å². The number of halogens is 2. The number of aromatic nitrogens is 2. The van der Waals surface area contributed by atoms with Crippen molar-refractivity contribution in [2.24, 2.45) is 0 Å². The predicted octanol–water partition coefficient (Wildman–Crippen LogP) is 3.63. The molecule has 2 N–H and O–H groups in total. The molecular weight excluding hydrogens is 399 g/mol. The lowest BCUT2D eigenvalue weighted by Gasteiger charge is -2.28. The maximum atomic E-state index is 13.6. The lowest BCUT2D eigenvalue weighted by molar-refractivity contribution is 0.220. The fraction of sp³-hybridized carbons (Fsp3) is 0.200. The molecule has 28 heavy (non-hydrogen) atoms. The van der Waals surface area contributed by atoms with E-state index in [1.54, 1.807) is 18.3 Å². The number of aliphatic hydroxyl groups is 1. The van der Waals surface area contributed by atoms with E-state index in [0.717, 1.165) is 17.1 Å². The van der Waals surface area contributed by atoms with Crippen LogP contribution in [0.25, 0.3) is 5.69 Å². The van der Waals surface area contributed by atoms with Gasteiger partial charge in [0.15, 0.2) is 5.11 Å². The van der Waals surface area contributed by atoms with Crippen molar-refractivity contribution in [2.75, 3.05) is 13.2 Å². The highest BCUT2D eigenvalue weighted by molar-refractivity contribution is 7.80. The van der Waals surface area contributed by atoms with Crippen molar-refractivity contribution >= 4 is 28.9 Å². The van der Waals surface area contributed by atoms with E-state index in [1.807, 2.05) is 46.0 Å². The van der Waals surface area contributed by atoms with Crippen LogP contribution in [0.2, 0.25) is 5.02 Å². The monoisotopic (exact) mass is 416 g/mol. The lowest BCUT2D eigenvalue weighted by atomic mass is 10.0. The molecule has 2 aromatic heterocycles. The molecule has 1 aliphatic heterocycles. The molecule has 1 saturated heterocycles. The Morgan fingerprint density at radius 1 is 1.21 bits per heavy atom. The number of β-amino-alcohol motifs (C(OH)–C–C–N with tert-alkyl or cyclic N) is 1. The van der Waals surface area contributed by atoms with Crippen molar-refractivity contribution in [3.05, 3.63) is 83.2 Å². The summed E-state index contributed by atoms with van der Waals surface area (Å²) in [7, 11) is 0. The Balaban J connectivity index is 1.81. The number of nitrogens with zero attached hydrogens (tertiary/aromatic N) is 3. The van der Waals surface area contributed by atoms with E-state index in [-0.39, 0.29) is 23.7 Å². The molecule has 1 aromatic carbocycles. The van der Waals surface area contributed by atoms with Gasteiger partial charge in [0.2, 0.25) is 0 Å². The fourth-order valence-electron chi connectivity index (χ4n) is 3.58. The minimum absolute atomic E-state index is 0.0314. The van der Waals surface area contributed by atoms with Gasteiger partial charge in [0.05, 0.1) is 29.4 Å². The minimum Gasteiger partial charge on any atom is -0.395 e. The Labute approximate surface area is 172 Å². The Hall–Kier alpha value is -2.48. The number of rotatable bonds is 5. The maximum absolute atomic E-state index is 13.6. The van der Waals surface area contributed by atoms with Crippen LogP contribution in [-0.4, -0.2) is 37.8 Å². The van der Waals surface area contributed by atoms with E-state index >= 15 is 0 Å². The quantitative estimate of drug-likeness (QED) is 0.622. The number of thiocarbonyl (C=S) groups is 1. The zero-order valence-corrected chi connectivity index (χ0v) is 16.4. The Kier molecular flexibility index (Phi) is 5.30. The van der Waals surface area contributed by atoms with Crippen LogP contribution in [0.5, 0.6) is 0 Å². The average Bonchev–Trinajstić information content (AvgIpc) is 3.30. The average molecular weight is 417 g/mol. The molecule has 2 atom stereocenters. The van der Waals surface area contributed by atoms with Crippen molar-refractivity contribution in [1.82, 2.24) is 19.8 Å². The molecular formula is C20H18ClFN4OS. The summed E-state index contributed by atoms with van der Waals surface area (Å²) in [5.41, 5.74) is 2.52. The smallest absolute Gasteiger partial charge is 0.170 e. The summed E-state index contributed by atoms with van der Waals surface area (Å²) >= 11 is 11.5. The first-order valence-electron chi connectivity index (χ1n) is 8.81. The van der Waals surface area contributed by atoms with Crippen LogP contribution in [0, 0.1) is 5.82 Å². The molecule has 144 valence electrons. The predicted molar refractivity (Wildman–Crippen MR) is 110 cm³/mol. The Morgan fingerprint density at radius 2 is 2.07 bits per heavy atom. The van der Waals surface area contributed by atoms with Crippen LogP contribution >= 0.6 is 23.8 Å². The molecule has 5 nitrogen and oxygen atoms in total. The first kappa shape index (κ1) is 18.9. The summed E-state index contributed by atoms with van der Waals surface area (Å²) < 4.78 is 15.6. The second kappa shape index (κ2) is 7.87. The summed E-state index contributed by atoms with van der Waals surface area (Å²) in [6, 6.07) is 13.9. The van der Waals surface area contributed by atoms with Crippen molar-refractivity contribution in [1.29, 1.82) is 0 Å². The van der Waals surface area contributed by atoms with Gasteiger partial charge in [0.25, 0.3) is 0 Å². The number of hydrogen-bond acceptors (Lipinski definition) is 3. The molecule has 0 aliphatic carbocycles. The van der Waals surface area contributed by atoms with Crippen LogP contribution in [0.3, 0.4) is 0 Å². The van der Waals surface area contributed by atoms with Gasteiger partial charge in [-0.1, -0.05) is 17.7 Å². The molecule has 8 heteroatoms. The first-order chi connectivity index (χ1) is 13.6. The molecule has 1 fully saturated rings. The maximum Gasteiger partial charge on any atom is 0.170 e. The van der Waals surface area contributed by atoms with E-state index in [4.69, 9.17) is 23.8 Å². The minimum atomic E-state index is -0.462. The van der Waals surface area contributed by atoms with Crippen molar-refractivity contribution in [3.63, 3.8) is 0 Å². The zero-order valence-electron chi connectivity index (χ0n) is 14.8. The second-order valence-corrected chi connectivity index (χ2v) is 7.24. The molecule has 0 unspecified atom stereocenters. The lowest BCUT2D eigenvalue weighted by Crippen LogP contribution is -2.32. The molecule has 0 saturated carbocycles. The highest BCUT2D eigenvalue weighted by Crippen LogP contribution is 2.39. The number of benzene rings is 1. The van der Waals surface area contributed by atoms with Gasteiger partial charge in [-0.25, -0.2) is 4.39 Å². The highest BCUT2D eigenvalue weighted by Gasteiger charge is 2.40. The summed E-state index contributed by atoms with van der Waals surface area (Å²) in [4.78, 5) is 6.44. The summed E-state index contributed by atoms with van der Waals surface area (Å²) in [5, 5.41) is 13.5. The van der Waals surface area contributed by atoms with Gasteiger partial charge in [0.1, 0.15) is 5.82 Å². The molecule has 0 spiro atoms. The van der Waals surface area contributed by atoms with Gasteiger partial charge in [-0.05, 0) is 54.7 Å². The van der Waals surface area contributed by atoms with Gasteiger partial charge in [-0.15, -0.1) is 0 Å². The van der Waals surface area contributed by atoms with Crippen LogP contribution < -0.4 is 5.32 Å². The normalized spacial score (nSPS) is 19.1. The van der Waals surface area contributed by atoms with Crippen LogP contribution in [-0.2, 0) is 0 Å². The van der Waals surface area contributed by atoms with E-state index in [1.165, 1.54) is 6.07 Å². The van der Waals surface area contributed by atoms with Gasteiger partial charge < -0.3 is 19.9 Å². The molecule has 0 radical (unpaired) electrons. The Morgan fingerprint density at radius 3 is 2.79 bits per heavy atom. The van der Waals surface area contributed by atoms with Gasteiger partial charge in [-0.2, -0.15) is 0 Å². The largest absolute Gasteiger partial charge is 0.395 e. The molecule has 1 aliphatic rings. The SMILES string of the molecule is OCCN1C(=S)N[C@@H](c2ccccn2)[C@@H]1c1cccn1-c1ccc(F)c(Cl)c1. The molecule has 4 rings (SSSR count). The zero-order chi connectivity index (χ0) is 19.7. The Bertz CT molecular complexity index is 997. The van der Waals surface area contributed by atoms with Gasteiger partial charge in [-0.3, -0.25) is 4.98 Å². The van der Waals surface area contributed by atoms with E-state index in [0.29, 0.717) is 11.7 Å². The fourth-order valence-corrected chi connectivity index (χ4v) is 4.09. The van der Waals surface area contributed by atoms with E-state index in [2.05, 4.69) is 10.3 Å². The highest BCUT2D eigenvalue weighted by atomic mass is 35.5. The number of pyridine rings is 1. The molecule has 3 aromatic rings. The third-order valence-corrected chi connectivity index (χ3v) is 5.45. The number of nitrogens with one attached hydrogen (secondary N) is 1. The van der Waals surface area contributed by atoms with Crippen molar-refractivity contribution in [2.45, 2.75) is 12.1 Å². The van der Waals surface area contributed by atoms with Crippen LogP contribution in [0.15, 0.2) is 60.9 Å². The van der Waals surface area contributed by atoms with Crippen molar-refractivity contribution < 1.29 is 9.50 Å². The molecule has 3 heterocycles. The van der Waals surface area contributed by atoms with Crippen LogP contribution in [0.1, 0.15) is 23.5 Å². The third-order valence-electron chi connectivity index (χ3n) is 4.80. The molecule has 0 amide bonds. The topological polar surface area (TPSA) is 53.3 Å². The number of aliphatic hydroxyl groups excluding tert-OH is 1. The molecule has 0 bridgehead atoms. The van der Waals surface area contributed by atoms with E-state index in [9.17, 15) is 9.50 Å². The van der Waals surface area contributed by atoms with E-state index < -0.39 is 5.82 Å².